The number of hydrogen-bond acceptors (Lipinski definition) is 5. The number of carbonyl (C=O) groups excluding carboxylic acids is 2. The Kier molecular flexibility index (Phi) is 6.75. The Morgan fingerprint density at radius 2 is 2.07 bits per heavy atom. The fourth-order valence-electron chi connectivity index (χ4n) is 4.07. The van der Waals surface area contributed by atoms with Crippen molar-refractivity contribution in [2.75, 3.05) is 33.1 Å². The van der Waals surface area contributed by atoms with Crippen LogP contribution in [-0.2, 0) is 4.74 Å². The highest BCUT2D eigenvalue weighted by atomic mass is 32.2. The van der Waals surface area contributed by atoms with Gasteiger partial charge in [-0.15, -0.1) is 11.8 Å². The average molecular weight is 407 g/mol. The van der Waals surface area contributed by atoms with Gasteiger partial charge in [-0.05, 0) is 43.2 Å². The number of thioether (sulfide) groups is 1. The minimum absolute atomic E-state index is 0.00886. The molecule has 0 unspecified atom stereocenters. The van der Waals surface area contributed by atoms with Gasteiger partial charge in [0.25, 0.3) is 5.91 Å². The van der Waals surface area contributed by atoms with Gasteiger partial charge in [0.05, 0.1) is 18.7 Å². The molecular formula is C21H30N2O4S. The zero-order valence-corrected chi connectivity index (χ0v) is 18.0. The van der Waals surface area contributed by atoms with E-state index in [9.17, 15) is 9.59 Å². The van der Waals surface area contributed by atoms with Crippen LogP contribution < -0.4 is 4.74 Å². The largest absolute Gasteiger partial charge is 0.496 e. The molecule has 0 N–H and O–H groups in total. The van der Waals surface area contributed by atoms with Crippen LogP contribution in [0.5, 0.6) is 5.75 Å². The molecule has 1 aromatic rings. The molecule has 2 aliphatic rings. The van der Waals surface area contributed by atoms with Crippen LogP contribution in [0.4, 0.5) is 4.79 Å². The van der Waals surface area contributed by atoms with Gasteiger partial charge in [-0.3, -0.25) is 9.69 Å². The number of nitrogens with zero attached hydrogens (tertiary/aromatic N) is 2. The molecule has 28 heavy (non-hydrogen) atoms. The highest BCUT2D eigenvalue weighted by Gasteiger charge is 2.41. The Morgan fingerprint density at radius 1 is 1.36 bits per heavy atom. The second-order valence-corrected chi connectivity index (χ2v) is 8.41. The van der Waals surface area contributed by atoms with Gasteiger partial charge in [0, 0.05) is 24.0 Å². The van der Waals surface area contributed by atoms with Crippen molar-refractivity contribution >= 4 is 23.8 Å². The SMILES string of the molecule is CC[C@H](C)[C@@H]1COC(=O)N1C1CCN(C(=O)c2ccc(SC)cc2OC)CC1. The summed E-state index contributed by atoms with van der Waals surface area (Å²) in [6.45, 7) is 6.05. The van der Waals surface area contributed by atoms with Crippen LogP contribution in [0.25, 0.3) is 0 Å². The van der Waals surface area contributed by atoms with E-state index in [0.717, 1.165) is 24.2 Å². The molecule has 2 fully saturated rings. The molecular weight excluding hydrogens is 376 g/mol. The molecule has 2 atom stereocenters. The first-order valence-corrected chi connectivity index (χ1v) is 11.2. The molecule has 0 bridgehead atoms. The topological polar surface area (TPSA) is 59.1 Å². The second kappa shape index (κ2) is 9.07. The fraction of sp³-hybridized carbons (Fsp3) is 0.619. The summed E-state index contributed by atoms with van der Waals surface area (Å²) in [6.07, 6.45) is 4.36. The maximum atomic E-state index is 13.0. The Balaban J connectivity index is 1.67. The number of cyclic esters (lactones) is 1. The fourth-order valence-corrected chi connectivity index (χ4v) is 4.50. The lowest BCUT2D eigenvalue weighted by Gasteiger charge is -2.39. The van der Waals surface area contributed by atoms with E-state index < -0.39 is 0 Å². The monoisotopic (exact) mass is 406 g/mol. The first kappa shape index (κ1) is 20.8. The Morgan fingerprint density at radius 3 is 2.68 bits per heavy atom. The van der Waals surface area contributed by atoms with E-state index >= 15 is 0 Å². The molecule has 3 rings (SSSR count). The van der Waals surface area contributed by atoms with Gasteiger partial charge in [-0.25, -0.2) is 4.79 Å². The van der Waals surface area contributed by atoms with Gasteiger partial charge in [-0.2, -0.15) is 0 Å². The van der Waals surface area contributed by atoms with E-state index in [-0.39, 0.29) is 24.1 Å². The van der Waals surface area contributed by atoms with Crippen molar-refractivity contribution < 1.29 is 19.1 Å². The van der Waals surface area contributed by atoms with Gasteiger partial charge in [0.1, 0.15) is 12.4 Å². The molecule has 2 saturated heterocycles. The van der Waals surface area contributed by atoms with Crippen molar-refractivity contribution in [3.05, 3.63) is 23.8 Å². The zero-order valence-electron chi connectivity index (χ0n) is 17.1. The molecule has 154 valence electrons. The number of methoxy groups -OCH3 is 1. The van der Waals surface area contributed by atoms with Crippen LogP contribution >= 0.6 is 11.8 Å². The maximum Gasteiger partial charge on any atom is 0.410 e. The lowest BCUT2D eigenvalue weighted by Crippen LogP contribution is -2.51. The first-order chi connectivity index (χ1) is 13.5. The van der Waals surface area contributed by atoms with E-state index in [1.165, 1.54) is 0 Å². The minimum Gasteiger partial charge on any atom is -0.496 e. The predicted octanol–water partition coefficient (Wildman–Crippen LogP) is 3.89. The van der Waals surface area contributed by atoms with Crippen LogP contribution in [0, 0.1) is 5.92 Å². The summed E-state index contributed by atoms with van der Waals surface area (Å²) < 4.78 is 10.8. The molecule has 2 amide bonds. The predicted molar refractivity (Wildman–Crippen MR) is 110 cm³/mol. The Bertz CT molecular complexity index is 718. The van der Waals surface area contributed by atoms with Crippen molar-refractivity contribution in [3.8, 4) is 5.75 Å². The summed E-state index contributed by atoms with van der Waals surface area (Å²) in [4.78, 5) is 30.2. The number of amides is 2. The number of carbonyl (C=O) groups is 2. The Hall–Kier alpha value is -1.89. The molecule has 0 aliphatic carbocycles. The number of benzene rings is 1. The minimum atomic E-state index is -0.204. The Labute approximate surface area is 171 Å². The quantitative estimate of drug-likeness (QED) is 0.671. The van der Waals surface area contributed by atoms with Crippen LogP contribution in [0.2, 0.25) is 0 Å². The standard InChI is InChI=1S/C21H30N2O4S/c1-5-14(2)18-13-27-21(25)23(18)15-8-10-22(11-9-15)20(24)17-7-6-16(28-4)12-19(17)26-3/h6-7,12,14-15,18H,5,8-11,13H2,1-4H3/t14-,18-/m0/s1. The average Bonchev–Trinajstić information content (AvgIpc) is 3.13. The summed E-state index contributed by atoms with van der Waals surface area (Å²) in [6, 6.07) is 5.98. The second-order valence-electron chi connectivity index (χ2n) is 7.53. The molecule has 7 heteroatoms. The number of hydrogen-bond donors (Lipinski definition) is 0. The van der Waals surface area contributed by atoms with Crippen LogP contribution in [-0.4, -0.2) is 66.9 Å². The lowest BCUT2D eigenvalue weighted by molar-refractivity contribution is 0.0612. The van der Waals surface area contributed by atoms with Crippen LogP contribution in [0.15, 0.2) is 23.1 Å². The van der Waals surface area contributed by atoms with E-state index in [4.69, 9.17) is 9.47 Å². The van der Waals surface area contributed by atoms with E-state index in [0.29, 0.717) is 36.9 Å². The van der Waals surface area contributed by atoms with Gasteiger partial charge < -0.3 is 14.4 Å². The van der Waals surface area contributed by atoms with E-state index in [2.05, 4.69) is 13.8 Å². The van der Waals surface area contributed by atoms with Gasteiger partial charge in [0.2, 0.25) is 0 Å². The molecule has 6 nitrogen and oxygen atoms in total. The van der Waals surface area contributed by atoms with Gasteiger partial charge in [-0.1, -0.05) is 20.3 Å². The summed E-state index contributed by atoms with van der Waals surface area (Å²) in [5, 5.41) is 0. The highest BCUT2D eigenvalue weighted by Crippen LogP contribution is 2.31. The smallest absolute Gasteiger partial charge is 0.410 e. The molecule has 1 aromatic carbocycles. The lowest BCUT2D eigenvalue weighted by atomic mass is 9.95. The van der Waals surface area contributed by atoms with Crippen molar-refractivity contribution in [3.63, 3.8) is 0 Å². The third-order valence-corrected chi connectivity index (χ3v) is 6.76. The van der Waals surface area contributed by atoms with Gasteiger partial charge in [0.15, 0.2) is 0 Å². The molecule has 2 aliphatic heterocycles. The number of likely N-dealkylation sites (tertiary alicyclic amines) is 1. The summed E-state index contributed by atoms with van der Waals surface area (Å²) in [5.41, 5.74) is 0.594. The molecule has 0 aromatic heterocycles. The number of piperidine rings is 1. The maximum absolute atomic E-state index is 13.0. The summed E-state index contributed by atoms with van der Waals surface area (Å²) >= 11 is 1.62. The zero-order chi connectivity index (χ0) is 20.3. The van der Waals surface area contributed by atoms with E-state index in [1.54, 1.807) is 18.9 Å². The van der Waals surface area contributed by atoms with Crippen LogP contribution in [0.3, 0.4) is 0 Å². The van der Waals surface area contributed by atoms with Crippen molar-refractivity contribution in [1.82, 2.24) is 9.80 Å². The molecule has 0 saturated carbocycles. The van der Waals surface area contributed by atoms with Crippen molar-refractivity contribution in [1.29, 1.82) is 0 Å². The summed E-state index contributed by atoms with van der Waals surface area (Å²) in [7, 11) is 1.59. The van der Waals surface area contributed by atoms with E-state index in [1.807, 2.05) is 34.3 Å². The molecule has 2 heterocycles. The van der Waals surface area contributed by atoms with Gasteiger partial charge >= 0.3 is 6.09 Å². The highest BCUT2D eigenvalue weighted by molar-refractivity contribution is 7.98. The third-order valence-electron chi connectivity index (χ3n) is 6.03. The van der Waals surface area contributed by atoms with Crippen molar-refractivity contribution in [2.24, 2.45) is 5.92 Å². The molecule has 0 spiro atoms. The first-order valence-electron chi connectivity index (χ1n) is 9.96. The number of ether oxygens (including phenoxy) is 2. The van der Waals surface area contributed by atoms with Crippen LogP contribution in [0.1, 0.15) is 43.5 Å². The third kappa shape index (κ3) is 4.09. The summed E-state index contributed by atoms with van der Waals surface area (Å²) in [5.74, 6) is 1.01. The van der Waals surface area contributed by atoms with Crippen molar-refractivity contribution in [2.45, 2.75) is 50.1 Å². The number of rotatable bonds is 6. The normalized spacial score (nSPS) is 21.6. The molecule has 0 radical (unpaired) electrons.